The van der Waals surface area contributed by atoms with Gasteiger partial charge in [-0.05, 0) is 31.0 Å². The minimum atomic E-state index is -0.326. The Labute approximate surface area is 195 Å². The van der Waals surface area contributed by atoms with E-state index in [0.29, 0.717) is 43.3 Å². The normalized spacial score (nSPS) is 13.8. The van der Waals surface area contributed by atoms with Crippen molar-refractivity contribution >= 4 is 17.4 Å². The number of benzene rings is 2. The molecule has 176 valence electrons. The van der Waals surface area contributed by atoms with Crippen LogP contribution >= 0.6 is 0 Å². The predicted octanol–water partition coefficient (Wildman–Crippen LogP) is 3.19. The monoisotopic (exact) mass is 452 g/mol. The summed E-state index contributed by atoms with van der Waals surface area (Å²) in [5, 5.41) is 0. The largest absolute Gasteiger partial charge is 0.496 e. The molecule has 33 heavy (non-hydrogen) atoms. The number of rotatable bonds is 11. The molecular formula is C26H32N2O5. The first-order valence-electron chi connectivity index (χ1n) is 11.0. The van der Waals surface area contributed by atoms with Crippen molar-refractivity contribution in [3.8, 4) is 5.75 Å². The highest BCUT2D eigenvalue weighted by atomic mass is 16.5. The Morgan fingerprint density at radius 2 is 1.55 bits per heavy atom. The minimum Gasteiger partial charge on any atom is -0.496 e. The van der Waals surface area contributed by atoms with E-state index in [1.165, 1.54) is 4.90 Å². The molecule has 2 aromatic carbocycles. The molecule has 3 rings (SSSR count). The number of methoxy groups -OCH3 is 3. The van der Waals surface area contributed by atoms with Crippen LogP contribution < -0.4 is 4.74 Å². The summed E-state index contributed by atoms with van der Waals surface area (Å²) in [6, 6.07) is 13.3. The molecule has 2 aromatic rings. The van der Waals surface area contributed by atoms with Crippen molar-refractivity contribution in [2.75, 3.05) is 47.6 Å². The summed E-state index contributed by atoms with van der Waals surface area (Å²) >= 11 is 0. The molecule has 1 aliphatic heterocycles. The molecule has 0 atom stereocenters. The van der Waals surface area contributed by atoms with E-state index in [2.05, 4.69) is 0 Å². The van der Waals surface area contributed by atoms with Crippen LogP contribution in [0.5, 0.6) is 5.75 Å². The molecule has 0 radical (unpaired) electrons. The van der Waals surface area contributed by atoms with Crippen molar-refractivity contribution in [2.24, 2.45) is 0 Å². The van der Waals surface area contributed by atoms with Gasteiger partial charge in [-0.2, -0.15) is 0 Å². The lowest BCUT2D eigenvalue weighted by Crippen LogP contribution is -2.37. The van der Waals surface area contributed by atoms with Crippen LogP contribution in [0.2, 0.25) is 0 Å². The van der Waals surface area contributed by atoms with E-state index < -0.39 is 0 Å². The highest BCUT2D eigenvalue weighted by Crippen LogP contribution is 2.35. The summed E-state index contributed by atoms with van der Waals surface area (Å²) in [6.45, 7) is 5.86. The first-order valence-corrected chi connectivity index (χ1v) is 11.0. The van der Waals surface area contributed by atoms with Gasteiger partial charge < -0.3 is 19.1 Å². The average molecular weight is 453 g/mol. The van der Waals surface area contributed by atoms with E-state index in [-0.39, 0.29) is 18.4 Å². The van der Waals surface area contributed by atoms with Crippen LogP contribution in [-0.2, 0) is 25.6 Å². The number of nitrogens with zero attached hydrogens (tertiary/aromatic N) is 2. The van der Waals surface area contributed by atoms with E-state index in [0.717, 1.165) is 22.3 Å². The molecule has 7 nitrogen and oxygen atoms in total. The molecule has 0 saturated carbocycles. The molecule has 0 N–H and O–H groups in total. The number of carbonyl (C=O) groups excluding carboxylic acids is 2. The molecule has 0 fully saturated rings. The van der Waals surface area contributed by atoms with Crippen LogP contribution in [0.4, 0.5) is 0 Å². The molecular weight excluding hydrogens is 420 g/mol. The lowest BCUT2D eigenvalue weighted by Gasteiger charge is -2.26. The van der Waals surface area contributed by atoms with Crippen molar-refractivity contribution in [3.05, 3.63) is 70.4 Å². The average Bonchev–Trinajstić information content (AvgIpc) is 3.04. The van der Waals surface area contributed by atoms with Gasteiger partial charge in [-0.3, -0.25) is 14.5 Å². The number of imide groups is 1. The molecule has 1 heterocycles. The fourth-order valence-corrected chi connectivity index (χ4v) is 4.08. The minimum absolute atomic E-state index is 0.127. The fraction of sp³-hybridized carbons (Fsp3) is 0.385. The second kappa shape index (κ2) is 11.1. The van der Waals surface area contributed by atoms with Crippen LogP contribution in [0, 0.1) is 13.8 Å². The quantitative estimate of drug-likeness (QED) is 0.488. The number of hydrogen-bond donors (Lipinski definition) is 0. The number of para-hydroxylation sites is 1. The number of amides is 2. The maximum atomic E-state index is 13.7. The first kappa shape index (κ1) is 24.5. The summed E-state index contributed by atoms with van der Waals surface area (Å²) in [5.41, 5.74) is 4.37. The maximum absolute atomic E-state index is 13.7. The molecule has 7 heteroatoms. The standard InChI is InChI=1S/C26H32N2O5/c1-18-10-11-21(19(2)16-18)23-24(27(12-14-31-3)13-15-32-4)26(30)28(25(23)29)17-20-8-6-7-9-22(20)33-5/h6-11,16H,12-15,17H2,1-5H3. The molecule has 0 unspecified atom stereocenters. The molecule has 0 aliphatic carbocycles. The second-order valence-corrected chi connectivity index (χ2v) is 8.02. The van der Waals surface area contributed by atoms with Crippen molar-refractivity contribution in [3.63, 3.8) is 0 Å². The number of carbonyl (C=O) groups is 2. The lowest BCUT2D eigenvalue weighted by atomic mass is 9.97. The van der Waals surface area contributed by atoms with E-state index >= 15 is 0 Å². The van der Waals surface area contributed by atoms with Gasteiger partial charge in [-0.1, -0.05) is 42.0 Å². The molecule has 0 aromatic heterocycles. The highest BCUT2D eigenvalue weighted by Gasteiger charge is 2.42. The summed E-state index contributed by atoms with van der Waals surface area (Å²) < 4.78 is 16.0. The van der Waals surface area contributed by atoms with Crippen LogP contribution in [0.15, 0.2) is 48.2 Å². The zero-order valence-electron chi connectivity index (χ0n) is 20.0. The first-order chi connectivity index (χ1) is 15.9. The van der Waals surface area contributed by atoms with Gasteiger partial charge in [0, 0.05) is 32.9 Å². The van der Waals surface area contributed by atoms with E-state index in [9.17, 15) is 9.59 Å². The van der Waals surface area contributed by atoms with Gasteiger partial charge >= 0.3 is 0 Å². The van der Waals surface area contributed by atoms with Crippen LogP contribution in [0.1, 0.15) is 22.3 Å². The zero-order valence-corrected chi connectivity index (χ0v) is 20.0. The van der Waals surface area contributed by atoms with Gasteiger partial charge in [0.1, 0.15) is 11.4 Å². The van der Waals surface area contributed by atoms with Gasteiger partial charge in [0.05, 0.1) is 32.4 Å². The van der Waals surface area contributed by atoms with Crippen molar-refractivity contribution in [2.45, 2.75) is 20.4 Å². The van der Waals surface area contributed by atoms with Crippen LogP contribution in [-0.4, -0.2) is 69.2 Å². The van der Waals surface area contributed by atoms with Crippen LogP contribution in [0.3, 0.4) is 0 Å². The Morgan fingerprint density at radius 3 is 2.15 bits per heavy atom. The Kier molecular flexibility index (Phi) is 8.25. The van der Waals surface area contributed by atoms with Gasteiger partial charge in [0.15, 0.2) is 0 Å². The topological polar surface area (TPSA) is 68.3 Å². The van der Waals surface area contributed by atoms with E-state index in [1.807, 2.05) is 61.2 Å². The highest BCUT2D eigenvalue weighted by molar-refractivity contribution is 6.35. The summed E-state index contributed by atoms with van der Waals surface area (Å²) in [7, 11) is 4.81. The van der Waals surface area contributed by atoms with Crippen molar-refractivity contribution < 1.29 is 23.8 Å². The predicted molar refractivity (Wildman–Crippen MR) is 127 cm³/mol. The maximum Gasteiger partial charge on any atom is 0.278 e. The van der Waals surface area contributed by atoms with Gasteiger partial charge in [-0.15, -0.1) is 0 Å². The summed E-state index contributed by atoms with van der Waals surface area (Å²) in [4.78, 5) is 30.7. The Bertz CT molecular complexity index is 1040. The smallest absolute Gasteiger partial charge is 0.278 e. The number of hydrogen-bond acceptors (Lipinski definition) is 6. The Hall–Kier alpha value is -3.16. The van der Waals surface area contributed by atoms with Gasteiger partial charge in [0.25, 0.3) is 11.8 Å². The van der Waals surface area contributed by atoms with Gasteiger partial charge in [0.2, 0.25) is 0 Å². The van der Waals surface area contributed by atoms with Crippen molar-refractivity contribution in [1.29, 1.82) is 0 Å². The Morgan fingerprint density at radius 1 is 0.879 bits per heavy atom. The fourth-order valence-electron chi connectivity index (χ4n) is 4.08. The number of ether oxygens (including phenoxy) is 3. The second-order valence-electron chi connectivity index (χ2n) is 8.02. The third-order valence-corrected chi connectivity index (χ3v) is 5.76. The molecule has 0 saturated heterocycles. The van der Waals surface area contributed by atoms with Gasteiger partial charge in [-0.25, -0.2) is 0 Å². The molecule has 2 amide bonds. The van der Waals surface area contributed by atoms with Crippen molar-refractivity contribution in [1.82, 2.24) is 9.80 Å². The lowest BCUT2D eigenvalue weighted by molar-refractivity contribution is -0.138. The molecule has 0 spiro atoms. The zero-order chi connectivity index (χ0) is 24.0. The van der Waals surface area contributed by atoms with E-state index in [4.69, 9.17) is 14.2 Å². The third-order valence-electron chi connectivity index (χ3n) is 5.76. The Balaban J connectivity index is 2.10. The molecule has 1 aliphatic rings. The summed E-state index contributed by atoms with van der Waals surface area (Å²) in [6.07, 6.45) is 0. The molecule has 0 bridgehead atoms. The summed E-state index contributed by atoms with van der Waals surface area (Å²) in [5.74, 6) is -0.00369. The number of aryl methyl sites for hydroxylation is 2. The van der Waals surface area contributed by atoms with Crippen LogP contribution in [0.25, 0.3) is 5.57 Å². The third kappa shape index (κ3) is 5.26. The van der Waals surface area contributed by atoms with E-state index in [1.54, 1.807) is 21.3 Å². The SMILES string of the molecule is COCCN(CCOC)C1=C(c2ccc(C)cc2C)C(=O)N(Cc2ccccc2OC)C1=O.